The van der Waals surface area contributed by atoms with E-state index in [9.17, 15) is 33.9 Å². The van der Waals surface area contributed by atoms with Gasteiger partial charge in [0.05, 0.1) is 42.4 Å². The molecule has 0 radical (unpaired) electrons. The third-order valence-corrected chi connectivity index (χ3v) is 13.3. The van der Waals surface area contributed by atoms with Crippen LogP contribution in [0.25, 0.3) is 0 Å². The van der Waals surface area contributed by atoms with Crippen LogP contribution in [-0.2, 0) is 44.6 Å². The Morgan fingerprint density at radius 2 is 1.76 bits per heavy atom. The Morgan fingerprint density at radius 1 is 1.07 bits per heavy atom. The highest BCUT2D eigenvalue weighted by atomic mass is 32.1. The van der Waals surface area contributed by atoms with E-state index < -0.39 is 95.4 Å². The van der Waals surface area contributed by atoms with Crippen molar-refractivity contribution >= 4 is 52.7 Å². The lowest BCUT2D eigenvalue weighted by atomic mass is 9.73. The Bertz CT molecular complexity index is 1790. The lowest BCUT2D eigenvalue weighted by Crippen LogP contribution is -2.60. The SMILES string of the molecule is CC[C@H]1OC(=O)[C@H](C)C(=O)[C@H](C)[C@@H](O[C@@H]2O[C@H](C)C[C@H](N(C)C)[C@H]2O)[C@@]2(C)C[C@@H](C)C(=O)[C@H](C)[C@@H]3N(CC(=NCc4ccc(C(N)=O)s4)CNC(=O)O2)C(=O)O[C@@]31C. The molecule has 4 aliphatic heterocycles. The summed E-state index contributed by atoms with van der Waals surface area (Å²) < 4.78 is 31.2. The number of carbonyl (C=O) groups is 6. The molecule has 0 aliphatic carbocycles. The van der Waals surface area contributed by atoms with Crippen molar-refractivity contribution in [2.45, 2.75) is 135 Å². The highest BCUT2D eigenvalue weighted by Crippen LogP contribution is 2.43. The zero-order valence-corrected chi connectivity index (χ0v) is 35.8. The van der Waals surface area contributed by atoms with Crippen molar-refractivity contribution < 1.29 is 57.6 Å². The number of alkyl carbamates (subject to hydrolysis) is 1. The first-order valence-corrected chi connectivity index (χ1v) is 20.7. The number of fused-ring (bicyclic) bond motifs is 4. The molecular formula is C40H59N5O12S. The molecule has 18 heteroatoms. The van der Waals surface area contributed by atoms with E-state index in [1.807, 2.05) is 25.9 Å². The molecule has 58 heavy (non-hydrogen) atoms. The topological polar surface area (TPSA) is 226 Å². The maximum absolute atomic E-state index is 14.8. The van der Waals surface area contributed by atoms with Crippen molar-refractivity contribution in [1.29, 1.82) is 0 Å². The molecule has 0 spiro atoms. The minimum atomic E-state index is -1.76. The Kier molecular flexibility index (Phi) is 13.8. The Morgan fingerprint density at radius 3 is 2.38 bits per heavy atom. The summed E-state index contributed by atoms with van der Waals surface area (Å²) in [5.74, 6) is -6.70. The molecule has 5 heterocycles. The van der Waals surface area contributed by atoms with Crippen molar-refractivity contribution in [1.82, 2.24) is 15.1 Å². The molecule has 4 N–H and O–H groups in total. The van der Waals surface area contributed by atoms with Gasteiger partial charge in [-0.1, -0.05) is 27.7 Å². The van der Waals surface area contributed by atoms with Crippen LogP contribution in [0, 0.1) is 23.7 Å². The first kappa shape index (κ1) is 45.1. The molecular weight excluding hydrogens is 775 g/mol. The number of carbonyl (C=O) groups excluding carboxylic acids is 6. The van der Waals surface area contributed by atoms with E-state index in [1.54, 1.807) is 46.8 Å². The Balaban J connectivity index is 1.68. The number of ether oxygens (including phenoxy) is 5. The van der Waals surface area contributed by atoms with Gasteiger partial charge >= 0.3 is 18.2 Å². The van der Waals surface area contributed by atoms with Crippen LogP contribution in [0.2, 0.25) is 0 Å². The van der Waals surface area contributed by atoms with E-state index in [0.29, 0.717) is 21.9 Å². The maximum atomic E-state index is 14.8. The molecule has 0 unspecified atom stereocenters. The van der Waals surface area contributed by atoms with E-state index in [-0.39, 0.29) is 50.4 Å². The number of esters is 1. The van der Waals surface area contributed by atoms with Gasteiger partial charge in [0.2, 0.25) is 0 Å². The number of aliphatic imine (C=N–C) groups is 1. The van der Waals surface area contributed by atoms with Crippen LogP contribution in [-0.4, -0.2) is 137 Å². The third-order valence-electron chi connectivity index (χ3n) is 12.2. The number of ketones is 2. The second-order valence-electron chi connectivity index (χ2n) is 16.9. The van der Waals surface area contributed by atoms with Crippen LogP contribution in [0.15, 0.2) is 17.1 Å². The zero-order chi connectivity index (χ0) is 43.0. The molecule has 4 saturated heterocycles. The van der Waals surface area contributed by atoms with Crippen LogP contribution < -0.4 is 11.1 Å². The third kappa shape index (κ3) is 9.10. The van der Waals surface area contributed by atoms with Crippen molar-refractivity contribution in [3.05, 3.63) is 21.9 Å². The van der Waals surface area contributed by atoms with Gasteiger partial charge in [-0.15, -0.1) is 11.3 Å². The molecule has 1 aromatic rings. The van der Waals surface area contributed by atoms with Crippen molar-refractivity contribution in [2.75, 3.05) is 27.2 Å². The van der Waals surface area contributed by atoms with Crippen molar-refractivity contribution in [3.8, 4) is 0 Å². The van der Waals surface area contributed by atoms with E-state index in [0.717, 1.165) is 11.3 Å². The monoisotopic (exact) mass is 833 g/mol. The fourth-order valence-electron chi connectivity index (χ4n) is 9.11. The lowest BCUT2D eigenvalue weighted by molar-refractivity contribution is -0.292. The number of nitrogens with zero attached hydrogens (tertiary/aromatic N) is 3. The molecule has 1 aromatic heterocycles. The Hall–Kier alpha value is -3.97. The summed E-state index contributed by atoms with van der Waals surface area (Å²) in [4.78, 5) is 91.9. The van der Waals surface area contributed by atoms with Gasteiger partial charge in [-0.25, -0.2) is 9.59 Å². The summed E-state index contributed by atoms with van der Waals surface area (Å²) in [6, 6.07) is 1.90. The van der Waals surface area contributed by atoms with E-state index in [2.05, 4.69) is 5.32 Å². The minimum Gasteiger partial charge on any atom is -0.458 e. The normalized spacial score (nSPS) is 38.8. The van der Waals surface area contributed by atoms with Gasteiger partial charge in [0.15, 0.2) is 17.7 Å². The van der Waals surface area contributed by atoms with E-state index in [1.165, 1.54) is 18.7 Å². The first-order valence-electron chi connectivity index (χ1n) is 19.9. The van der Waals surface area contributed by atoms with Gasteiger partial charge in [0.25, 0.3) is 5.91 Å². The summed E-state index contributed by atoms with van der Waals surface area (Å²) >= 11 is 1.15. The number of hydrogen-bond donors (Lipinski definition) is 3. The van der Waals surface area contributed by atoms with Crippen LogP contribution in [0.4, 0.5) is 9.59 Å². The first-order chi connectivity index (χ1) is 27.1. The largest absolute Gasteiger partial charge is 0.458 e. The number of primary amides is 1. The predicted molar refractivity (Wildman–Crippen MR) is 211 cm³/mol. The Labute approximate surface area is 343 Å². The zero-order valence-electron chi connectivity index (χ0n) is 35.0. The van der Waals surface area contributed by atoms with E-state index in [4.69, 9.17) is 34.4 Å². The second kappa shape index (κ2) is 17.7. The molecule has 3 amide bonds. The maximum Gasteiger partial charge on any atom is 0.411 e. The molecule has 4 fully saturated rings. The fraction of sp³-hybridized carbons (Fsp3) is 0.725. The number of Topliss-reactive ketones (excluding diaryl/α,β-unsaturated/α-hetero) is 2. The summed E-state index contributed by atoms with van der Waals surface area (Å²) in [5.41, 5.74) is 2.44. The van der Waals surface area contributed by atoms with Crippen LogP contribution >= 0.6 is 11.3 Å². The number of amides is 3. The number of likely N-dealkylation sites (N-methyl/N-ethyl adjacent to an activating group) is 1. The number of nitrogens with one attached hydrogen (secondary N) is 1. The molecule has 0 aromatic carbocycles. The highest BCUT2D eigenvalue weighted by Gasteiger charge is 2.61. The summed E-state index contributed by atoms with van der Waals surface area (Å²) in [7, 11) is 3.63. The minimum absolute atomic E-state index is 0.0662. The number of aliphatic hydroxyl groups is 1. The predicted octanol–water partition coefficient (Wildman–Crippen LogP) is 3.09. The smallest absolute Gasteiger partial charge is 0.411 e. The van der Waals surface area contributed by atoms with Gasteiger partial charge in [0, 0.05) is 28.7 Å². The van der Waals surface area contributed by atoms with Gasteiger partial charge < -0.3 is 44.7 Å². The molecule has 17 nitrogen and oxygen atoms in total. The lowest BCUT2D eigenvalue weighted by Gasteiger charge is -2.47. The summed E-state index contributed by atoms with van der Waals surface area (Å²) in [6.45, 7) is 12.7. The van der Waals surface area contributed by atoms with Gasteiger partial charge in [-0.2, -0.15) is 0 Å². The fourth-order valence-corrected chi connectivity index (χ4v) is 9.89. The quantitative estimate of drug-likeness (QED) is 0.204. The molecule has 2 bridgehead atoms. The summed E-state index contributed by atoms with van der Waals surface area (Å²) in [5, 5.41) is 14.3. The molecule has 5 rings (SSSR count). The molecule has 13 atom stereocenters. The summed E-state index contributed by atoms with van der Waals surface area (Å²) in [6.07, 6.45) is -6.52. The van der Waals surface area contributed by atoms with Crippen LogP contribution in [0.3, 0.4) is 0 Å². The molecule has 0 saturated carbocycles. The van der Waals surface area contributed by atoms with Gasteiger partial charge in [-0.3, -0.25) is 29.1 Å². The second-order valence-corrected chi connectivity index (χ2v) is 18.0. The number of cyclic esters (lactones) is 1. The number of thiophene rings is 1. The molecule has 322 valence electrons. The number of aliphatic hydroxyl groups excluding tert-OH is 1. The highest BCUT2D eigenvalue weighted by molar-refractivity contribution is 7.14. The van der Waals surface area contributed by atoms with Gasteiger partial charge in [0.1, 0.15) is 35.6 Å². The average molecular weight is 834 g/mol. The van der Waals surface area contributed by atoms with Crippen molar-refractivity contribution in [2.24, 2.45) is 34.4 Å². The van der Waals surface area contributed by atoms with Crippen LogP contribution in [0.5, 0.6) is 0 Å². The molecule has 4 aliphatic rings. The average Bonchev–Trinajstić information content (AvgIpc) is 3.74. The van der Waals surface area contributed by atoms with Crippen molar-refractivity contribution in [3.63, 3.8) is 0 Å². The van der Waals surface area contributed by atoms with Gasteiger partial charge in [-0.05, 0) is 73.2 Å². The number of hydrogen-bond acceptors (Lipinski definition) is 15. The van der Waals surface area contributed by atoms with Crippen LogP contribution in [0.1, 0.15) is 89.2 Å². The van der Waals surface area contributed by atoms with E-state index >= 15 is 0 Å². The number of nitrogens with two attached hydrogens (primary N) is 1. The number of rotatable bonds is 7. The standard InChI is InChI=1S/C40H59N5O12S/c1-11-28-40(8)32-21(4)29(46)19(2)15-39(7,33(22(5)30(47)23(6)35(50)54-28)55-36-31(48)26(44(9)10)14-20(3)53-36)56-37(51)43-16-24(18-45(32)38(52)57-40)42-17-25-12-13-27(58-25)34(41)49/h12-13,19-23,26,28,31-33,36,48H,11,14-18H2,1-10H3,(H2,41,49)(H,43,51)/t19-,20-,21+,22+,23-,26+,28-,31-,32+,33-,36+,39-,40-/m1/s1.